The third-order valence-corrected chi connectivity index (χ3v) is 5.28. The molecule has 1 saturated heterocycles. The summed E-state index contributed by atoms with van der Waals surface area (Å²) in [7, 11) is 0. The van der Waals surface area contributed by atoms with E-state index >= 15 is 0 Å². The van der Waals surface area contributed by atoms with E-state index in [0.29, 0.717) is 5.92 Å². The fourth-order valence-corrected chi connectivity index (χ4v) is 3.65. The van der Waals surface area contributed by atoms with Crippen molar-refractivity contribution in [1.29, 1.82) is 0 Å². The molecule has 1 aliphatic heterocycles. The number of piperidine rings is 1. The van der Waals surface area contributed by atoms with Crippen molar-refractivity contribution < 1.29 is 5.11 Å². The van der Waals surface area contributed by atoms with E-state index in [1.165, 1.54) is 11.1 Å². The number of aliphatic imine (C=N–C) groups is 1. The van der Waals surface area contributed by atoms with Gasteiger partial charge in [0.25, 0.3) is 0 Å². The van der Waals surface area contributed by atoms with Crippen LogP contribution < -0.4 is 10.6 Å². The van der Waals surface area contributed by atoms with Gasteiger partial charge in [-0.1, -0.05) is 38.1 Å². The van der Waals surface area contributed by atoms with Gasteiger partial charge in [-0.2, -0.15) is 0 Å². The number of nitrogens with one attached hydrogen (secondary N) is 2. The lowest BCUT2D eigenvalue weighted by molar-refractivity contribution is 0.0824. The Balaban J connectivity index is 1.80. The zero-order valence-corrected chi connectivity index (χ0v) is 18.2. The minimum atomic E-state index is -0.0974. The Morgan fingerprint density at radius 1 is 1.18 bits per heavy atom. The lowest BCUT2D eigenvalue weighted by Crippen LogP contribution is -2.39. The molecule has 0 spiro atoms. The van der Waals surface area contributed by atoms with Crippen molar-refractivity contribution >= 4 is 5.96 Å². The van der Waals surface area contributed by atoms with Crippen LogP contribution in [0.25, 0.3) is 0 Å². The van der Waals surface area contributed by atoms with Crippen molar-refractivity contribution in [3.63, 3.8) is 0 Å². The molecule has 1 atom stereocenters. The molecule has 3 N–H and O–H groups in total. The van der Waals surface area contributed by atoms with E-state index in [1.54, 1.807) is 0 Å². The van der Waals surface area contributed by atoms with Crippen molar-refractivity contribution in [1.82, 2.24) is 15.5 Å². The Hall–Kier alpha value is -1.59. The van der Waals surface area contributed by atoms with Crippen molar-refractivity contribution in [3.8, 4) is 0 Å². The highest BCUT2D eigenvalue weighted by atomic mass is 16.3. The van der Waals surface area contributed by atoms with E-state index in [1.807, 2.05) is 0 Å². The molecule has 2 rings (SSSR count). The van der Waals surface area contributed by atoms with E-state index in [-0.39, 0.29) is 12.1 Å². The number of aliphatic hydroxyl groups excluding tert-OH is 1. The van der Waals surface area contributed by atoms with Crippen LogP contribution in [0.3, 0.4) is 0 Å². The number of hydrogen-bond acceptors (Lipinski definition) is 3. The van der Waals surface area contributed by atoms with E-state index in [4.69, 9.17) is 4.99 Å². The molecule has 158 valence electrons. The van der Waals surface area contributed by atoms with Crippen molar-refractivity contribution in [2.75, 3.05) is 32.7 Å². The summed E-state index contributed by atoms with van der Waals surface area (Å²) in [5.74, 6) is 1.57. The first-order chi connectivity index (χ1) is 13.5. The van der Waals surface area contributed by atoms with Crippen molar-refractivity contribution in [2.45, 2.75) is 65.5 Å². The minimum Gasteiger partial charge on any atom is -0.393 e. The molecule has 5 nitrogen and oxygen atoms in total. The predicted octanol–water partition coefficient (Wildman–Crippen LogP) is 3.35. The number of guanidine groups is 1. The molecule has 0 aliphatic carbocycles. The number of aliphatic hydroxyl groups is 1. The van der Waals surface area contributed by atoms with Gasteiger partial charge < -0.3 is 20.6 Å². The molecular formula is C23H40N4O. The van der Waals surface area contributed by atoms with Gasteiger partial charge in [0.05, 0.1) is 12.1 Å². The highest BCUT2D eigenvalue weighted by molar-refractivity contribution is 5.80. The smallest absolute Gasteiger partial charge is 0.191 e. The summed E-state index contributed by atoms with van der Waals surface area (Å²) in [6, 6.07) is 9.16. The van der Waals surface area contributed by atoms with Gasteiger partial charge >= 0.3 is 0 Å². The quantitative estimate of drug-likeness (QED) is 0.345. The molecule has 1 aromatic carbocycles. The van der Waals surface area contributed by atoms with Gasteiger partial charge in [0, 0.05) is 26.2 Å². The average Bonchev–Trinajstić information content (AvgIpc) is 2.66. The number of nitrogens with zero attached hydrogens (tertiary/aromatic N) is 2. The molecule has 1 aliphatic rings. The Morgan fingerprint density at radius 3 is 2.46 bits per heavy atom. The Kier molecular flexibility index (Phi) is 9.79. The monoisotopic (exact) mass is 388 g/mol. The van der Waals surface area contributed by atoms with Gasteiger partial charge in [0.1, 0.15) is 0 Å². The van der Waals surface area contributed by atoms with E-state index in [0.717, 1.165) is 64.4 Å². The summed E-state index contributed by atoms with van der Waals surface area (Å²) < 4.78 is 0. The van der Waals surface area contributed by atoms with Gasteiger partial charge in [0.15, 0.2) is 5.96 Å². The second-order valence-electron chi connectivity index (χ2n) is 8.39. The number of benzene rings is 1. The molecule has 0 amide bonds. The average molecular weight is 389 g/mol. The number of likely N-dealkylation sites (tertiary alicyclic amines) is 1. The van der Waals surface area contributed by atoms with Crippen LogP contribution in [0, 0.1) is 5.92 Å². The predicted molar refractivity (Wildman–Crippen MR) is 119 cm³/mol. The van der Waals surface area contributed by atoms with Gasteiger partial charge in [-0.3, -0.25) is 4.99 Å². The summed E-state index contributed by atoms with van der Waals surface area (Å²) in [5, 5.41) is 16.5. The fourth-order valence-electron chi connectivity index (χ4n) is 3.65. The normalized spacial score (nSPS) is 17.7. The third kappa shape index (κ3) is 8.19. The van der Waals surface area contributed by atoms with Crippen LogP contribution in [-0.2, 0) is 6.42 Å². The molecule has 5 heteroatoms. The second-order valence-corrected chi connectivity index (χ2v) is 8.39. The lowest BCUT2D eigenvalue weighted by Gasteiger charge is -2.29. The highest BCUT2D eigenvalue weighted by Gasteiger charge is 2.16. The summed E-state index contributed by atoms with van der Waals surface area (Å²) in [5.41, 5.74) is 2.68. The Labute approximate surface area is 171 Å². The SMILES string of the molecule is CCNC(=NCCCN1CCC(O)CC1)NC(C)c1ccc(CC(C)C)cc1. The van der Waals surface area contributed by atoms with Crippen LogP contribution in [0.4, 0.5) is 0 Å². The Morgan fingerprint density at radius 2 is 1.86 bits per heavy atom. The Bertz CT molecular complexity index is 577. The molecule has 0 saturated carbocycles. The first-order valence-electron chi connectivity index (χ1n) is 11.0. The minimum absolute atomic E-state index is 0.0974. The van der Waals surface area contributed by atoms with Crippen LogP contribution in [-0.4, -0.2) is 54.8 Å². The highest BCUT2D eigenvalue weighted by Crippen LogP contribution is 2.15. The molecule has 1 aromatic rings. The van der Waals surface area contributed by atoms with Crippen molar-refractivity contribution in [3.05, 3.63) is 35.4 Å². The standard InChI is InChI=1S/C23H40N4O/c1-5-24-23(25-13-6-14-27-15-11-22(28)12-16-27)26-19(4)21-9-7-20(8-10-21)17-18(2)3/h7-10,18-19,22,28H,5-6,11-17H2,1-4H3,(H2,24,25,26). The first-order valence-corrected chi connectivity index (χ1v) is 11.0. The third-order valence-electron chi connectivity index (χ3n) is 5.28. The summed E-state index contributed by atoms with van der Waals surface area (Å²) >= 11 is 0. The van der Waals surface area contributed by atoms with Crippen LogP contribution in [0.5, 0.6) is 0 Å². The van der Waals surface area contributed by atoms with Crippen LogP contribution in [0.2, 0.25) is 0 Å². The van der Waals surface area contributed by atoms with Crippen LogP contribution in [0.15, 0.2) is 29.3 Å². The van der Waals surface area contributed by atoms with E-state index in [9.17, 15) is 5.11 Å². The van der Waals surface area contributed by atoms with Crippen LogP contribution in [0.1, 0.15) is 64.1 Å². The van der Waals surface area contributed by atoms with Gasteiger partial charge in [-0.15, -0.1) is 0 Å². The van der Waals surface area contributed by atoms with Crippen LogP contribution >= 0.6 is 0 Å². The number of hydrogen-bond donors (Lipinski definition) is 3. The second kappa shape index (κ2) is 12.1. The maximum atomic E-state index is 9.60. The maximum absolute atomic E-state index is 9.60. The van der Waals surface area contributed by atoms with Gasteiger partial charge in [-0.25, -0.2) is 0 Å². The molecule has 0 radical (unpaired) electrons. The van der Waals surface area contributed by atoms with E-state index in [2.05, 4.69) is 67.5 Å². The molecule has 0 bridgehead atoms. The zero-order chi connectivity index (χ0) is 20.4. The fraction of sp³-hybridized carbons (Fsp3) is 0.696. The zero-order valence-electron chi connectivity index (χ0n) is 18.2. The molecule has 28 heavy (non-hydrogen) atoms. The summed E-state index contributed by atoms with van der Waals surface area (Å²) in [6.07, 6.45) is 3.88. The summed E-state index contributed by atoms with van der Waals surface area (Å²) in [6.45, 7) is 13.5. The van der Waals surface area contributed by atoms with Crippen molar-refractivity contribution in [2.24, 2.45) is 10.9 Å². The lowest BCUT2D eigenvalue weighted by atomic mass is 10.00. The molecular weight excluding hydrogens is 348 g/mol. The molecule has 1 unspecified atom stereocenters. The van der Waals surface area contributed by atoms with E-state index < -0.39 is 0 Å². The van der Waals surface area contributed by atoms with Gasteiger partial charge in [0.2, 0.25) is 0 Å². The van der Waals surface area contributed by atoms with Gasteiger partial charge in [-0.05, 0) is 63.1 Å². The molecule has 1 fully saturated rings. The summed E-state index contributed by atoms with van der Waals surface area (Å²) in [4.78, 5) is 7.19. The first kappa shape index (κ1) is 22.7. The number of rotatable bonds is 9. The molecule has 0 aromatic heterocycles. The maximum Gasteiger partial charge on any atom is 0.191 e. The molecule has 1 heterocycles. The topological polar surface area (TPSA) is 59.9 Å². The largest absolute Gasteiger partial charge is 0.393 e.